The van der Waals surface area contributed by atoms with Crippen molar-refractivity contribution in [3.05, 3.63) is 23.8 Å². The van der Waals surface area contributed by atoms with Crippen LogP contribution in [0.4, 0.5) is 0 Å². The fourth-order valence-electron chi connectivity index (χ4n) is 1.38. The molecule has 1 aliphatic rings. The van der Waals surface area contributed by atoms with E-state index in [0.717, 1.165) is 0 Å². The van der Waals surface area contributed by atoms with Gasteiger partial charge in [-0.2, -0.15) is 0 Å². The van der Waals surface area contributed by atoms with Gasteiger partial charge in [-0.15, -0.1) is 0 Å². The lowest BCUT2D eigenvalue weighted by molar-refractivity contribution is -0.146. The molecule has 1 atom stereocenters. The third-order valence-corrected chi connectivity index (χ3v) is 2.15. The number of carboxylic acids is 1. The highest BCUT2D eigenvalue weighted by Crippen LogP contribution is 2.32. The molecule has 2 rings (SSSR count). The minimum atomic E-state index is -1.38. The predicted molar refractivity (Wildman–Crippen MR) is 49.9 cm³/mol. The van der Waals surface area contributed by atoms with Crippen molar-refractivity contribution in [2.24, 2.45) is 0 Å². The molecule has 0 saturated heterocycles. The van der Waals surface area contributed by atoms with Crippen LogP contribution in [0.1, 0.15) is 5.56 Å². The number of benzene rings is 1. The van der Waals surface area contributed by atoms with Crippen molar-refractivity contribution >= 4 is 5.97 Å². The summed E-state index contributed by atoms with van der Waals surface area (Å²) in [6, 6.07) is 5.08. The van der Waals surface area contributed by atoms with Crippen molar-refractivity contribution in [3.8, 4) is 11.5 Å². The van der Waals surface area contributed by atoms with Gasteiger partial charge in [-0.05, 0) is 17.7 Å². The number of aliphatic hydroxyl groups is 1. The van der Waals surface area contributed by atoms with Crippen LogP contribution in [-0.2, 0) is 11.2 Å². The fraction of sp³-hybridized carbons (Fsp3) is 0.300. The summed E-state index contributed by atoms with van der Waals surface area (Å²) < 4.78 is 10.2. The molecule has 0 amide bonds. The first-order valence-corrected chi connectivity index (χ1v) is 4.46. The number of carbonyl (C=O) groups is 1. The van der Waals surface area contributed by atoms with Crippen molar-refractivity contribution in [2.75, 3.05) is 6.79 Å². The van der Waals surface area contributed by atoms with E-state index in [1.807, 2.05) is 0 Å². The van der Waals surface area contributed by atoms with E-state index in [1.165, 1.54) is 0 Å². The van der Waals surface area contributed by atoms with E-state index in [2.05, 4.69) is 0 Å². The first-order chi connectivity index (χ1) is 7.16. The Kier molecular flexibility index (Phi) is 2.47. The summed E-state index contributed by atoms with van der Waals surface area (Å²) >= 11 is 0. The van der Waals surface area contributed by atoms with Gasteiger partial charge >= 0.3 is 5.97 Å². The monoisotopic (exact) mass is 210 g/mol. The van der Waals surface area contributed by atoms with E-state index in [1.54, 1.807) is 18.2 Å². The van der Waals surface area contributed by atoms with Crippen LogP contribution in [0.3, 0.4) is 0 Å². The maximum Gasteiger partial charge on any atom is 0.332 e. The quantitative estimate of drug-likeness (QED) is 0.755. The van der Waals surface area contributed by atoms with E-state index in [4.69, 9.17) is 19.7 Å². The molecular weight excluding hydrogens is 200 g/mol. The van der Waals surface area contributed by atoms with Crippen molar-refractivity contribution in [1.29, 1.82) is 0 Å². The second-order valence-electron chi connectivity index (χ2n) is 3.25. The lowest BCUT2D eigenvalue weighted by atomic mass is 10.1. The van der Waals surface area contributed by atoms with Gasteiger partial charge in [0.1, 0.15) is 0 Å². The number of rotatable bonds is 3. The van der Waals surface area contributed by atoms with Crippen LogP contribution < -0.4 is 9.47 Å². The van der Waals surface area contributed by atoms with Crippen LogP contribution in [0.15, 0.2) is 18.2 Å². The number of hydrogen-bond donors (Lipinski definition) is 2. The SMILES string of the molecule is O=C(O)[C@@H](O)Cc1ccc2c(c1)OCO2. The normalized spacial score (nSPS) is 15.0. The molecule has 0 unspecified atom stereocenters. The molecule has 0 aromatic heterocycles. The molecule has 80 valence electrons. The van der Waals surface area contributed by atoms with Gasteiger partial charge in [-0.1, -0.05) is 6.07 Å². The molecule has 5 heteroatoms. The summed E-state index contributed by atoms with van der Waals surface area (Å²) in [5.74, 6) is 0.00122. The van der Waals surface area contributed by atoms with Crippen molar-refractivity contribution < 1.29 is 24.5 Å². The number of aliphatic hydroxyl groups excluding tert-OH is 1. The lowest BCUT2D eigenvalue weighted by Gasteiger charge is -2.05. The molecule has 0 fully saturated rings. The molecule has 5 nitrogen and oxygen atoms in total. The Morgan fingerprint density at radius 1 is 1.40 bits per heavy atom. The topological polar surface area (TPSA) is 76.0 Å². The second-order valence-corrected chi connectivity index (χ2v) is 3.25. The van der Waals surface area contributed by atoms with Gasteiger partial charge in [0.25, 0.3) is 0 Å². The third-order valence-electron chi connectivity index (χ3n) is 2.15. The maximum atomic E-state index is 10.4. The van der Waals surface area contributed by atoms with E-state index >= 15 is 0 Å². The van der Waals surface area contributed by atoms with Crippen LogP contribution in [-0.4, -0.2) is 29.1 Å². The Labute approximate surface area is 85.9 Å². The average Bonchev–Trinajstić information content (AvgIpc) is 2.64. The summed E-state index contributed by atoms with van der Waals surface area (Å²) in [6.07, 6.45) is -1.32. The highest BCUT2D eigenvalue weighted by molar-refractivity contribution is 5.72. The molecule has 0 saturated carbocycles. The summed E-state index contributed by atoms with van der Waals surface area (Å²) in [5.41, 5.74) is 0.703. The number of fused-ring (bicyclic) bond motifs is 1. The Morgan fingerprint density at radius 2 is 2.13 bits per heavy atom. The lowest BCUT2D eigenvalue weighted by Crippen LogP contribution is -2.21. The Hall–Kier alpha value is -1.75. The number of carboxylic acid groups (broad SMARTS) is 1. The third kappa shape index (κ3) is 2.02. The molecule has 0 aliphatic carbocycles. The van der Waals surface area contributed by atoms with Crippen molar-refractivity contribution in [2.45, 2.75) is 12.5 Å². The van der Waals surface area contributed by atoms with Gasteiger partial charge in [-0.3, -0.25) is 0 Å². The highest BCUT2D eigenvalue weighted by Gasteiger charge is 2.17. The minimum absolute atomic E-state index is 0.0615. The molecule has 15 heavy (non-hydrogen) atoms. The number of ether oxygens (including phenoxy) is 2. The molecule has 1 aromatic carbocycles. The Balaban J connectivity index is 2.13. The molecule has 1 heterocycles. The predicted octanol–water partition coefficient (Wildman–Crippen LogP) is 0.403. The van der Waals surface area contributed by atoms with Gasteiger partial charge in [0.15, 0.2) is 17.6 Å². The molecule has 1 aromatic rings. The summed E-state index contributed by atoms with van der Waals surface area (Å²) in [7, 11) is 0. The van der Waals surface area contributed by atoms with Crippen LogP contribution >= 0.6 is 0 Å². The van der Waals surface area contributed by atoms with Gasteiger partial charge in [0.2, 0.25) is 6.79 Å². The van der Waals surface area contributed by atoms with Crippen LogP contribution in [0.2, 0.25) is 0 Å². The molecule has 0 bridgehead atoms. The van der Waals surface area contributed by atoms with E-state index in [9.17, 15) is 4.79 Å². The smallest absolute Gasteiger partial charge is 0.332 e. The van der Waals surface area contributed by atoms with Gasteiger partial charge < -0.3 is 19.7 Å². The van der Waals surface area contributed by atoms with Crippen LogP contribution in [0.25, 0.3) is 0 Å². The first kappa shape index (κ1) is 9.79. The highest BCUT2D eigenvalue weighted by atomic mass is 16.7. The van der Waals surface area contributed by atoms with E-state index in [0.29, 0.717) is 17.1 Å². The summed E-state index contributed by atoms with van der Waals surface area (Å²) in [4.78, 5) is 10.4. The van der Waals surface area contributed by atoms with E-state index < -0.39 is 12.1 Å². The largest absolute Gasteiger partial charge is 0.479 e. The zero-order chi connectivity index (χ0) is 10.8. The molecule has 1 aliphatic heterocycles. The summed E-state index contributed by atoms with van der Waals surface area (Å²) in [5, 5.41) is 17.7. The summed E-state index contributed by atoms with van der Waals surface area (Å²) in [6.45, 7) is 0.181. The molecule has 0 radical (unpaired) electrons. The molecular formula is C10H10O5. The van der Waals surface area contributed by atoms with Crippen LogP contribution in [0, 0.1) is 0 Å². The number of aliphatic carboxylic acids is 1. The standard InChI is InChI=1S/C10H10O5/c11-7(10(12)13)3-6-1-2-8-9(4-6)15-5-14-8/h1-2,4,7,11H,3,5H2,(H,12,13)/t7-/m0/s1. The maximum absolute atomic E-state index is 10.4. The first-order valence-electron chi connectivity index (χ1n) is 4.46. The van der Waals surface area contributed by atoms with Gasteiger partial charge in [0, 0.05) is 6.42 Å². The Bertz CT molecular complexity index is 387. The zero-order valence-electron chi connectivity index (χ0n) is 7.84. The average molecular weight is 210 g/mol. The Morgan fingerprint density at radius 3 is 2.87 bits per heavy atom. The second kappa shape index (κ2) is 3.78. The number of hydrogen-bond acceptors (Lipinski definition) is 4. The minimum Gasteiger partial charge on any atom is -0.479 e. The van der Waals surface area contributed by atoms with Crippen molar-refractivity contribution in [1.82, 2.24) is 0 Å². The molecule has 2 N–H and O–H groups in total. The van der Waals surface area contributed by atoms with Gasteiger partial charge in [0.05, 0.1) is 0 Å². The zero-order valence-corrected chi connectivity index (χ0v) is 7.84. The fourth-order valence-corrected chi connectivity index (χ4v) is 1.38. The van der Waals surface area contributed by atoms with E-state index in [-0.39, 0.29) is 13.2 Å². The van der Waals surface area contributed by atoms with Gasteiger partial charge in [-0.25, -0.2) is 4.79 Å². The molecule has 0 spiro atoms. The van der Waals surface area contributed by atoms with Crippen LogP contribution in [0.5, 0.6) is 11.5 Å². The van der Waals surface area contributed by atoms with Crippen molar-refractivity contribution in [3.63, 3.8) is 0 Å².